The summed E-state index contributed by atoms with van der Waals surface area (Å²) in [5.74, 6) is 5.59. The lowest BCUT2D eigenvalue weighted by Gasteiger charge is -2.14. The van der Waals surface area contributed by atoms with E-state index in [9.17, 15) is 0 Å². The quantitative estimate of drug-likeness (QED) is 0.664. The lowest BCUT2D eigenvalue weighted by molar-refractivity contribution is 0.556. The van der Waals surface area contributed by atoms with Gasteiger partial charge < -0.3 is 0 Å². The van der Waals surface area contributed by atoms with Crippen LogP contribution in [0.1, 0.15) is 22.2 Å². The van der Waals surface area contributed by atoms with Gasteiger partial charge in [0.2, 0.25) is 0 Å². The van der Waals surface area contributed by atoms with Crippen molar-refractivity contribution in [3.05, 3.63) is 39.1 Å². The molecule has 2 aromatic heterocycles. The first-order valence-electron chi connectivity index (χ1n) is 5.05. The minimum atomic E-state index is 0.0195. The third-order valence-electron chi connectivity index (χ3n) is 2.41. The summed E-state index contributed by atoms with van der Waals surface area (Å²) in [6.45, 7) is 1.93. The van der Waals surface area contributed by atoms with Gasteiger partial charge in [-0.25, -0.2) is 0 Å². The lowest BCUT2D eigenvalue weighted by atomic mass is 10.1. The smallest absolute Gasteiger partial charge is 0.0773 e. The molecule has 0 saturated heterocycles. The number of hydrazine groups is 1. The largest absolute Gasteiger partial charge is 0.271 e. The summed E-state index contributed by atoms with van der Waals surface area (Å²) in [5, 5.41) is 3.99. The Bertz CT molecular complexity index is 501. The highest BCUT2D eigenvalue weighted by Gasteiger charge is 2.16. The van der Waals surface area contributed by atoms with Gasteiger partial charge in [-0.3, -0.25) is 16.3 Å². The molecule has 0 aliphatic heterocycles. The molecule has 0 radical (unpaired) electrons. The van der Waals surface area contributed by atoms with Crippen LogP contribution in [-0.2, 0) is 6.42 Å². The fourth-order valence-electron chi connectivity index (χ4n) is 1.59. The number of pyridine rings is 1. The number of nitrogens with two attached hydrogens (primary N) is 1. The number of hydrogen-bond donors (Lipinski definition) is 2. The molecule has 3 N–H and O–H groups in total. The van der Waals surface area contributed by atoms with Gasteiger partial charge >= 0.3 is 0 Å². The van der Waals surface area contributed by atoms with Crippen molar-refractivity contribution in [1.82, 2.24) is 20.0 Å². The van der Waals surface area contributed by atoms with Gasteiger partial charge in [-0.2, -0.15) is 0 Å². The molecule has 2 rings (SSSR count). The van der Waals surface area contributed by atoms with Crippen LogP contribution in [0.15, 0.2) is 22.9 Å². The van der Waals surface area contributed by atoms with Crippen molar-refractivity contribution in [3.8, 4) is 0 Å². The van der Waals surface area contributed by atoms with E-state index in [0.717, 1.165) is 27.0 Å². The number of halogens is 1. The van der Waals surface area contributed by atoms with E-state index in [2.05, 4.69) is 35.9 Å². The zero-order chi connectivity index (χ0) is 12.3. The van der Waals surface area contributed by atoms with Crippen LogP contribution in [0.4, 0.5) is 0 Å². The Morgan fingerprint density at radius 3 is 2.94 bits per heavy atom. The van der Waals surface area contributed by atoms with E-state index >= 15 is 0 Å². The Hall–Kier alpha value is -0.890. The molecule has 7 heteroatoms. The number of rotatable bonds is 4. The molecule has 5 nitrogen and oxygen atoms in total. The van der Waals surface area contributed by atoms with Crippen LogP contribution in [-0.4, -0.2) is 14.6 Å². The fourth-order valence-corrected chi connectivity index (χ4v) is 2.70. The molecule has 0 bridgehead atoms. The Balaban J connectivity index is 2.19. The maximum atomic E-state index is 5.59. The molecule has 90 valence electrons. The van der Waals surface area contributed by atoms with Crippen molar-refractivity contribution in [2.24, 2.45) is 5.84 Å². The van der Waals surface area contributed by atoms with Crippen LogP contribution in [0.2, 0.25) is 0 Å². The Morgan fingerprint density at radius 1 is 1.53 bits per heavy atom. The average Bonchev–Trinajstić information content (AvgIpc) is 2.72. The van der Waals surface area contributed by atoms with Crippen molar-refractivity contribution < 1.29 is 0 Å². The Labute approximate surface area is 112 Å². The van der Waals surface area contributed by atoms with Gasteiger partial charge in [0.25, 0.3) is 0 Å². The summed E-state index contributed by atoms with van der Waals surface area (Å²) in [5.41, 5.74) is 4.82. The molecular formula is C10H12BrN5S. The van der Waals surface area contributed by atoms with Gasteiger partial charge in [0.1, 0.15) is 0 Å². The summed E-state index contributed by atoms with van der Waals surface area (Å²) in [6, 6.07) is 2.05. The van der Waals surface area contributed by atoms with Crippen molar-refractivity contribution in [1.29, 1.82) is 0 Å². The summed E-state index contributed by atoms with van der Waals surface area (Å²) >= 11 is 4.77. The first kappa shape index (κ1) is 12.6. The van der Waals surface area contributed by atoms with Gasteiger partial charge in [-0.15, -0.1) is 5.10 Å². The molecule has 17 heavy (non-hydrogen) atoms. The second-order valence-electron chi connectivity index (χ2n) is 3.66. The minimum Gasteiger partial charge on any atom is -0.271 e. The van der Waals surface area contributed by atoms with Crippen molar-refractivity contribution in [3.63, 3.8) is 0 Å². The number of nitrogens with one attached hydrogen (secondary N) is 1. The highest BCUT2D eigenvalue weighted by atomic mass is 79.9. The highest BCUT2D eigenvalue weighted by Crippen LogP contribution is 2.23. The van der Waals surface area contributed by atoms with Crippen LogP contribution in [0.5, 0.6) is 0 Å². The molecule has 2 aromatic rings. The zero-order valence-corrected chi connectivity index (χ0v) is 11.6. The van der Waals surface area contributed by atoms with Crippen molar-refractivity contribution in [2.45, 2.75) is 19.4 Å². The van der Waals surface area contributed by atoms with E-state index in [4.69, 9.17) is 5.84 Å². The van der Waals surface area contributed by atoms with Gasteiger partial charge in [-0.1, -0.05) is 4.49 Å². The van der Waals surface area contributed by atoms with Crippen LogP contribution < -0.4 is 11.3 Å². The fraction of sp³-hybridized carbons (Fsp3) is 0.300. The predicted molar refractivity (Wildman–Crippen MR) is 70.4 cm³/mol. The molecule has 0 fully saturated rings. The molecule has 1 unspecified atom stereocenters. The van der Waals surface area contributed by atoms with E-state index in [1.165, 1.54) is 11.5 Å². The second kappa shape index (κ2) is 5.63. The molecule has 0 aliphatic carbocycles. The van der Waals surface area contributed by atoms with E-state index in [0.29, 0.717) is 0 Å². The molecule has 1 atom stereocenters. The molecule has 0 saturated carbocycles. The number of aryl methyl sites for hydroxylation is 1. The maximum absolute atomic E-state index is 5.59. The molecule has 0 aliphatic rings. The normalized spacial score (nSPS) is 12.6. The van der Waals surface area contributed by atoms with E-state index in [-0.39, 0.29) is 6.04 Å². The molecular weight excluding hydrogens is 302 g/mol. The average molecular weight is 314 g/mol. The third kappa shape index (κ3) is 3.06. The van der Waals surface area contributed by atoms with E-state index in [1.807, 2.05) is 19.2 Å². The first-order chi connectivity index (χ1) is 8.20. The minimum absolute atomic E-state index is 0.0195. The molecule has 2 heterocycles. The SMILES string of the molecule is Cc1nnsc1C(Cc1cncc(Br)c1)NN. The van der Waals surface area contributed by atoms with Crippen molar-refractivity contribution >= 4 is 27.5 Å². The van der Waals surface area contributed by atoms with Crippen LogP contribution in [0.3, 0.4) is 0 Å². The Kier molecular flexibility index (Phi) is 4.16. The monoisotopic (exact) mass is 313 g/mol. The highest BCUT2D eigenvalue weighted by molar-refractivity contribution is 9.10. The molecule has 0 amide bonds. The predicted octanol–water partition coefficient (Wildman–Crippen LogP) is 1.75. The third-order valence-corrected chi connectivity index (χ3v) is 3.78. The first-order valence-corrected chi connectivity index (χ1v) is 6.61. The summed E-state index contributed by atoms with van der Waals surface area (Å²) < 4.78 is 4.88. The van der Waals surface area contributed by atoms with Crippen LogP contribution >= 0.6 is 27.5 Å². The standard InChI is InChI=1S/C10H12BrN5S/c1-6-10(17-16-15-6)9(14-12)3-7-2-8(11)5-13-4-7/h2,4-5,9,14H,3,12H2,1H3. The number of hydrogen-bond acceptors (Lipinski definition) is 6. The van der Waals surface area contributed by atoms with Crippen LogP contribution in [0, 0.1) is 6.92 Å². The van der Waals surface area contributed by atoms with E-state index < -0.39 is 0 Å². The van der Waals surface area contributed by atoms with Crippen molar-refractivity contribution in [2.75, 3.05) is 0 Å². The molecule has 0 aromatic carbocycles. The number of aromatic nitrogens is 3. The summed E-state index contributed by atoms with van der Waals surface area (Å²) in [7, 11) is 0. The summed E-state index contributed by atoms with van der Waals surface area (Å²) in [4.78, 5) is 5.19. The maximum Gasteiger partial charge on any atom is 0.0773 e. The summed E-state index contributed by atoms with van der Waals surface area (Å²) in [6.07, 6.45) is 4.35. The topological polar surface area (TPSA) is 76.7 Å². The van der Waals surface area contributed by atoms with Gasteiger partial charge in [0.05, 0.1) is 16.6 Å². The second-order valence-corrected chi connectivity index (χ2v) is 5.36. The number of nitrogens with zero attached hydrogens (tertiary/aromatic N) is 3. The Morgan fingerprint density at radius 2 is 2.35 bits per heavy atom. The van der Waals surface area contributed by atoms with Gasteiger partial charge in [-0.05, 0) is 52.4 Å². The lowest BCUT2D eigenvalue weighted by Crippen LogP contribution is -2.29. The van der Waals surface area contributed by atoms with Gasteiger partial charge in [0, 0.05) is 16.9 Å². The van der Waals surface area contributed by atoms with Crippen LogP contribution in [0.25, 0.3) is 0 Å². The molecule has 0 spiro atoms. The zero-order valence-electron chi connectivity index (χ0n) is 9.22. The van der Waals surface area contributed by atoms with E-state index in [1.54, 1.807) is 6.20 Å². The van der Waals surface area contributed by atoms with Gasteiger partial charge in [0.15, 0.2) is 0 Å².